The average molecular weight is 367 g/mol. The molecule has 2 aromatic heterocycles. The molecule has 0 aromatic carbocycles. The number of nitrogens with one attached hydrogen (secondary N) is 2. The fourth-order valence-electron chi connectivity index (χ4n) is 3.58. The largest absolute Gasteiger partial charge is 0.337 e. The number of piperidine rings is 1. The molecule has 1 unspecified atom stereocenters. The maximum absolute atomic E-state index is 12.8. The van der Waals surface area contributed by atoms with Crippen molar-refractivity contribution in [3.63, 3.8) is 0 Å². The highest BCUT2D eigenvalue weighted by Crippen LogP contribution is 2.26. The van der Waals surface area contributed by atoms with Crippen molar-refractivity contribution in [2.45, 2.75) is 26.7 Å². The van der Waals surface area contributed by atoms with Gasteiger partial charge in [-0.1, -0.05) is 0 Å². The van der Waals surface area contributed by atoms with Crippen molar-refractivity contribution in [3.05, 3.63) is 23.1 Å². The number of likely N-dealkylation sites (tertiary alicyclic amines) is 1. The van der Waals surface area contributed by atoms with Gasteiger partial charge in [-0.05, 0) is 52.3 Å². The van der Waals surface area contributed by atoms with Gasteiger partial charge in [0.25, 0.3) is 5.91 Å². The average Bonchev–Trinajstić information content (AvgIpc) is 3.13. The molecule has 1 amide bonds. The van der Waals surface area contributed by atoms with Crippen molar-refractivity contribution < 1.29 is 4.79 Å². The van der Waals surface area contributed by atoms with Crippen LogP contribution < -0.4 is 5.32 Å². The molecule has 1 aliphatic heterocycles. The summed E-state index contributed by atoms with van der Waals surface area (Å²) >= 11 is 0. The molecule has 0 radical (unpaired) electrons. The Bertz CT molecular complexity index is 736. The van der Waals surface area contributed by atoms with Crippen LogP contribution in [0.4, 0.5) is 0 Å². The molecule has 0 bridgehead atoms. The summed E-state index contributed by atoms with van der Waals surface area (Å²) in [4.78, 5) is 14.7. The van der Waals surface area contributed by atoms with Crippen LogP contribution in [0, 0.1) is 19.8 Å². The molecule has 1 saturated heterocycles. The Kier molecular flexibility index (Phi) is 6.24. The lowest BCUT2D eigenvalue weighted by Gasteiger charge is -2.32. The Morgan fingerprint density at radius 3 is 2.84 bits per heavy atom. The first-order chi connectivity index (χ1) is 11.5. The lowest BCUT2D eigenvalue weighted by atomic mass is 9.98. The minimum atomic E-state index is 0. The number of aromatic nitrogens is 4. The van der Waals surface area contributed by atoms with Crippen molar-refractivity contribution >= 4 is 18.3 Å². The van der Waals surface area contributed by atoms with E-state index in [1.165, 1.54) is 6.42 Å². The van der Waals surface area contributed by atoms with E-state index >= 15 is 0 Å². The number of aryl methyl sites for hydroxylation is 2. The maximum atomic E-state index is 12.8. The first-order valence-corrected chi connectivity index (χ1v) is 8.51. The van der Waals surface area contributed by atoms with Crippen LogP contribution in [0.1, 0.15) is 34.7 Å². The van der Waals surface area contributed by atoms with Gasteiger partial charge in [0.1, 0.15) is 5.69 Å². The molecule has 1 atom stereocenters. The molecule has 2 aromatic rings. The summed E-state index contributed by atoms with van der Waals surface area (Å²) in [5.41, 5.74) is 4.31. The quantitative estimate of drug-likeness (QED) is 0.866. The lowest BCUT2D eigenvalue weighted by molar-refractivity contribution is 0.0668. The molecule has 0 spiro atoms. The third-order valence-corrected chi connectivity index (χ3v) is 4.87. The van der Waals surface area contributed by atoms with Gasteiger partial charge in [0, 0.05) is 31.4 Å². The van der Waals surface area contributed by atoms with Crippen molar-refractivity contribution in [1.82, 2.24) is 30.2 Å². The van der Waals surface area contributed by atoms with E-state index in [1.54, 1.807) is 0 Å². The third kappa shape index (κ3) is 3.88. The van der Waals surface area contributed by atoms with E-state index in [0.717, 1.165) is 48.7 Å². The highest BCUT2D eigenvalue weighted by molar-refractivity contribution is 5.93. The fourth-order valence-corrected chi connectivity index (χ4v) is 3.58. The number of amides is 1. The minimum Gasteiger partial charge on any atom is -0.337 e. The number of carbonyl (C=O) groups is 1. The van der Waals surface area contributed by atoms with Crippen LogP contribution in [0.2, 0.25) is 0 Å². The van der Waals surface area contributed by atoms with Crippen LogP contribution in [0.15, 0.2) is 6.07 Å². The van der Waals surface area contributed by atoms with Crippen molar-refractivity contribution in [2.24, 2.45) is 13.0 Å². The van der Waals surface area contributed by atoms with E-state index in [4.69, 9.17) is 0 Å². The molecule has 8 heteroatoms. The summed E-state index contributed by atoms with van der Waals surface area (Å²) in [5.74, 6) is 0.562. The number of hydrogen-bond donors (Lipinski definition) is 2. The second-order valence-corrected chi connectivity index (χ2v) is 6.65. The van der Waals surface area contributed by atoms with E-state index in [2.05, 4.69) is 20.6 Å². The molecule has 7 nitrogen and oxygen atoms in total. The van der Waals surface area contributed by atoms with Gasteiger partial charge in [-0.2, -0.15) is 10.2 Å². The van der Waals surface area contributed by atoms with Crippen LogP contribution in [0.5, 0.6) is 0 Å². The van der Waals surface area contributed by atoms with Gasteiger partial charge in [-0.15, -0.1) is 12.4 Å². The molecule has 1 aliphatic rings. The number of rotatable bonds is 4. The van der Waals surface area contributed by atoms with Gasteiger partial charge in [0.05, 0.1) is 11.4 Å². The highest BCUT2D eigenvalue weighted by Gasteiger charge is 2.26. The molecule has 3 rings (SSSR count). The first-order valence-electron chi connectivity index (χ1n) is 8.51. The summed E-state index contributed by atoms with van der Waals surface area (Å²) in [6.45, 7) is 6.55. The van der Waals surface area contributed by atoms with Crippen LogP contribution in [-0.4, -0.2) is 57.5 Å². The fraction of sp³-hybridized carbons (Fsp3) is 0.588. The molecular formula is C17H27ClN6O. The standard InChI is InChI=1S/C17H26N6O.ClH/c1-11-16(12(2)22(4)21-11)14-8-15(20-19-14)17(24)23-7-5-6-13(10-23)9-18-3;/h8,13,18H,5-7,9-10H2,1-4H3,(H,19,20);1H. The molecule has 2 N–H and O–H groups in total. The van der Waals surface area contributed by atoms with Gasteiger partial charge in [-0.3, -0.25) is 14.6 Å². The summed E-state index contributed by atoms with van der Waals surface area (Å²) < 4.78 is 1.84. The second-order valence-electron chi connectivity index (χ2n) is 6.65. The molecule has 0 aliphatic carbocycles. The second kappa shape index (κ2) is 8.01. The predicted molar refractivity (Wildman–Crippen MR) is 100 cm³/mol. The van der Waals surface area contributed by atoms with E-state index in [-0.39, 0.29) is 18.3 Å². The molecular weight excluding hydrogens is 340 g/mol. The van der Waals surface area contributed by atoms with E-state index in [9.17, 15) is 4.79 Å². The van der Waals surface area contributed by atoms with Crippen LogP contribution in [0.25, 0.3) is 11.3 Å². The summed E-state index contributed by atoms with van der Waals surface area (Å²) in [5, 5.41) is 14.9. The van der Waals surface area contributed by atoms with E-state index < -0.39 is 0 Å². The maximum Gasteiger partial charge on any atom is 0.271 e. The topological polar surface area (TPSA) is 78.8 Å². The van der Waals surface area contributed by atoms with Crippen LogP contribution in [-0.2, 0) is 7.05 Å². The summed E-state index contributed by atoms with van der Waals surface area (Å²) in [7, 11) is 3.88. The Labute approximate surface area is 154 Å². The van der Waals surface area contributed by atoms with Gasteiger partial charge >= 0.3 is 0 Å². The number of hydrogen-bond acceptors (Lipinski definition) is 4. The Morgan fingerprint density at radius 1 is 1.44 bits per heavy atom. The van der Waals surface area contributed by atoms with Gasteiger partial charge in [-0.25, -0.2) is 0 Å². The Hall–Kier alpha value is -1.86. The SMILES string of the molecule is CNCC1CCCN(C(=O)c2cc(-c3c(C)nn(C)c3C)n[nH]2)C1.Cl. The van der Waals surface area contributed by atoms with Crippen molar-refractivity contribution in [3.8, 4) is 11.3 Å². The van der Waals surface area contributed by atoms with Crippen molar-refractivity contribution in [2.75, 3.05) is 26.7 Å². The molecule has 138 valence electrons. The smallest absolute Gasteiger partial charge is 0.271 e. The zero-order valence-corrected chi connectivity index (χ0v) is 16.1. The summed E-state index contributed by atoms with van der Waals surface area (Å²) in [6, 6.07) is 1.85. The number of H-pyrrole nitrogens is 1. The Balaban J connectivity index is 0.00000225. The molecule has 1 fully saturated rings. The molecule has 3 heterocycles. The van der Waals surface area contributed by atoms with Crippen molar-refractivity contribution in [1.29, 1.82) is 0 Å². The van der Waals surface area contributed by atoms with E-state index in [0.29, 0.717) is 11.6 Å². The van der Waals surface area contributed by atoms with Gasteiger partial charge in [0.15, 0.2) is 0 Å². The monoisotopic (exact) mass is 366 g/mol. The van der Waals surface area contributed by atoms with Crippen LogP contribution >= 0.6 is 12.4 Å². The Morgan fingerprint density at radius 2 is 2.20 bits per heavy atom. The number of aromatic amines is 1. The van der Waals surface area contributed by atoms with Gasteiger partial charge < -0.3 is 10.2 Å². The zero-order chi connectivity index (χ0) is 17.3. The number of halogens is 1. The highest BCUT2D eigenvalue weighted by atomic mass is 35.5. The van der Waals surface area contributed by atoms with E-state index in [1.807, 2.05) is 43.6 Å². The summed E-state index contributed by atoms with van der Waals surface area (Å²) in [6.07, 6.45) is 2.23. The van der Waals surface area contributed by atoms with Crippen LogP contribution in [0.3, 0.4) is 0 Å². The third-order valence-electron chi connectivity index (χ3n) is 4.87. The van der Waals surface area contributed by atoms with Gasteiger partial charge in [0.2, 0.25) is 0 Å². The zero-order valence-electron chi connectivity index (χ0n) is 15.3. The molecule has 25 heavy (non-hydrogen) atoms. The number of carbonyl (C=O) groups excluding carboxylic acids is 1. The molecule has 0 saturated carbocycles. The predicted octanol–water partition coefficient (Wildman–Crippen LogP) is 1.92. The minimum absolute atomic E-state index is 0. The first kappa shape index (κ1) is 19.5. The lowest BCUT2D eigenvalue weighted by Crippen LogP contribution is -2.42. The normalized spacial score (nSPS) is 17.4. The number of nitrogens with zero attached hydrogens (tertiary/aromatic N) is 4.